The third-order valence-corrected chi connectivity index (χ3v) is 2.59. The van der Waals surface area contributed by atoms with Crippen molar-refractivity contribution in [3.63, 3.8) is 0 Å². The quantitative estimate of drug-likeness (QED) is 0.719. The summed E-state index contributed by atoms with van der Waals surface area (Å²) in [5, 5.41) is 0. The molecule has 0 aromatic heterocycles. The highest BCUT2D eigenvalue weighted by Gasteiger charge is 2.16. The van der Waals surface area contributed by atoms with Crippen molar-refractivity contribution in [2.24, 2.45) is 0 Å². The summed E-state index contributed by atoms with van der Waals surface area (Å²) in [6.45, 7) is 8.03. The second-order valence-corrected chi connectivity index (χ2v) is 4.00. The normalized spacial score (nSPS) is 11.0. The number of nitrogens with two attached hydrogens (primary N) is 1. The Morgan fingerprint density at radius 3 is 2.43 bits per heavy atom. The molecule has 0 radical (unpaired) electrons. The van der Waals surface area contributed by atoms with Gasteiger partial charge < -0.3 is 5.73 Å². The van der Waals surface area contributed by atoms with Crippen LogP contribution in [0, 0.1) is 12.7 Å². The summed E-state index contributed by atoms with van der Waals surface area (Å²) in [6.07, 6.45) is 0.858. The van der Waals surface area contributed by atoms with E-state index in [0.717, 1.165) is 23.1 Å². The summed E-state index contributed by atoms with van der Waals surface area (Å²) in [7, 11) is 0. The third-order valence-electron chi connectivity index (χ3n) is 2.59. The molecule has 1 aromatic carbocycles. The molecule has 0 unspecified atom stereocenters. The van der Waals surface area contributed by atoms with Gasteiger partial charge in [0.1, 0.15) is 5.82 Å². The van der Waals surface area contributed by atoms with Crippen LogP contribution in [0.1, 0.15) is 43.4 Å². The Bertz CT molecular complexity index is 343. The third kappa shape index (κ3) is 1.74. The lowest BCUT2D eigenvalue weighted by Gasteiger charge is -2.16. The zero-order valence-corrected chi connectivity index (χ0v) is 9.32. The summed E-state index contributed by atoms with van der Waals surface area (Å²) >= 11 is 0. The second kappa shape index (κ2) is 3.99. The Morgan fingerprint density at radius 1 is 1.43 bits per heavy atom. The first-order valence-corrected chi connectivity index (χ1v) is 5.06. The first kappa shape index (κ1) is 11.0. The maximum absolute atomic E-state index is 13.8. The highest BCUT2D eigenvalue weighted by atomic mass is 19.1. The Balaban J connectivity index is 3.48. The highest BCUT2D eigenvalue weighted by molar-refractivity contribution is 5.52. The van der Waals surface area contributed by atoms with E-state index in [1.165, 1.54) is 0 Å². The molecule has 0 heterocycles. The maximum Gasteiger partial charge on any atom is 0.149 e. The van der Waals surface area contributed by atoms with Gasteiger partial charge in [-0.2, -0.15) is 0 Å². The van der Waals surface area contributed by atoms with Crippen LogP contribution in [-0.4, -0.2) is 0 Å². The molecule has 0 saturated heterocycles. The van der Waals surface area contributed by atoms with E-state index in [1.54, 1.807) is 6.07 Å². The van der Waals surface area contributed by atoms with Crippen molar-refractivity contribution < 1.29 is 4.39 Å². The molecule has 1 nitrogen and oxygen atoms in total. The Labute approximate surface area is 85.1 Å². The summed E-state index contributed by atoms with van der Waals surface area (Å²) in [5.74, 6) is -0.0467. The topological polar surface area (TPSA) is 26.0 Å². The van der Waals surface area contributed by atoms with Crippen molar-refractivity contribution in [3.05, 3.63) is 28.6 Å². The minimum atomic E-state index is -0.234. The van der Waals surface area contributed by atoms with Crippen molar-refractivity contribution in [2.45, 2.75) is 40.0 Å². The van der Waals surface area contributed by atoms with Gasteiger partial charge in [-0.3, -0.25) is 0 Å². The first-order valence-electron chi connectivity index (χ1n) is 5.06. The average molecular weight is 195 g/mol. The molecule has 0 fully saturated rings. The number of anilines is 1. The fourth-order valence-electron chi connectivity index (χ4n) is 1.96. The van der Waals surface area contributed by atoms with Gasteiger partial charge in [-0.15, -0.1) is 0 Å². The molecule has 0 spiro atoms. The van der Waals surface area contributed by atoms with Crippen LogP contribution in [-0.2, 0) is 6.42 Å². The van der Waals surface area contributed by atoms with E-state index in [2.05, 4.69) is 0 Å². The van der Waals surface area contributed by atoms with E-state index in [1.807, 2.05) is 27.7 Å². The fourth-order valence-corrected chi connectivity index (χ4v) is 1.96. The van der Waals surface area contributed by atoms with Crippen LogP contribution in [0.2, 0.25) is 0 Å². The van der Waals surface area contributed by atoms with Crippen LogP contribution in [0.4, 0.5) is 10.1 Å². The first-order chi connectivity index (χ1) is 6.49. The predicted molar refractivity (Wildman–Crippen MR) is 59.0 cm³/mol. The number of hydrogen-bond acceptors (Lipinski definition) is 1. The monoisotopic (exact) mass is 195 g/mol. The number of rotatable bonds is 2. The van der Waals surface area contributed by atoms with Gasteiger partial charge in [-0.25, -0.2) is 4.39 Å². The molecule has 2 heteroatoms. The van der Waals surface area contributed by atoms with E-state index in [-0.39, 0.29) is 17.4 Å². The van der Waals surface area contributed by atoms with Gasteiger partial charge in [0.2, 0.25) is 0 Å². The molecule has 2 N–H and O–H groups in total. The number of hydrogen-bond donors (Lipinski definition) is 1. The van der Waals surface area contributed by atoms with Gasteiger partial charge in [0.15, 0.2) is 0 Å². The van der Waals surface area contributed by atoms with Gasteiger partial charge in [-0.1, -0.05) is 20.8 Å². The van der Waals surface area contributed by atoms with Crippen LogP contribution in [0.5, 0.6) is 0 Å². The van der Waals surface area contributed by atoms with E-state index in [9.17, 15) is 4.39 Å². The Hall–Kier alpha value is -1.05. The molecule has 0 amide bonds. The minimum absolute atomic E-state index is 0.187. The largest absolute Gasteiger partial charge is 0.396 e. The lowest BCUT2D eigenvalue weighted by atomic mass is 9.91. The van der Waals surface area contributed by atoms with Crippen LogP contribution in [0.15, 0.2) is 6.07 Å². The Morgan fingerprint density at radius 2 is 2.00 bits per heavy atom. The van der Waals surface area contributed by atoms with Gasteiger partial charge in [-0.05, 0) is 42.0 Å². The van der Waals surface area contributed by atoms with Gasteiger partial charge in [0.05, 0.1) is 5.69 Å². The zero-order chi connectivity index (χ0) is 10.9. The van der Waals surface area contributed by atoms with Gasteiger partial charge >= 0.3 is 0 Å². The summed E-state index contributed by atoms with van der Waals surface area (Å²) in [5.41, 5.74) is 8.85. The van der Waals surface area contributed by atoms with Crippen LogP contribution in [0.3, 0.4) is 0 Å². The fraction of sp³-hybridized carbons (Fsp3) is 0.500. The number of benzene rings is 1. The van der Waals surface area contributed by atoms with Crippen LogP contribution >= 0.6 is 0 Å². The molecule has 0 aliphatic rings. The molecule has 0 saturated carbocycles. The van der Waals surface area contributed by atoms with Gasteiger partial charge in [0.25, 0.3) is 0 Å². The van der Waals surface area contributed by atoms with Crippen molar-refractivity contribution in [2.75, 3.05) is 5.73 Å². The SMILES string of the molecule is CCc1c(C)cc(N)c(F)c1C(C)C. The summed E-state index contributed by atoms with van der Waals surface area (Å²) in [4.78, 5) is 0. The predicted octanol–water partition coefficient (Wildman–Crippen LogP) is 3.40. The van der Waals surface area contributed by atoms with Crippen molar-refractivity contribution in [3.8, 4) is 0 Å². The molecule has 0 aliphatic carbocycles. The standard InChI is InChI=1S/C12H18FN/c1-5-9-8(4)6-10(14)12(13)11(9)7(2)3/h6-7H,5,14H2,1-4H3. The molecular weight excluding hydrogens is 177 g/mol. The molecule has 1 rings (SSSR count). The Kier molecular flexibility index (Phi) is 3.14. The van der Waals surface area contributed by atoms with Crippen molar-refractivity contribution in [1.29, 1.82) is 0 Å². The van der Waals surface area contributed by atoms with Crippen LogP contribution < -0.4 is 5.73 Å². The number of aryl methyl sites for hydroxylation is 1. The molecule has 78 valence electrons. The minimum Gasteiger partial charge on any atom is -0.396 e. The highest BCUT2D eigenvalue weighted by Crippen LogP contribution is 2.29. The summed E-state index contributed by atoms with van der Waals surface area (Å²) < 4.78 is 13.8. The molecule has 14 heavy (non-hydrogen) atoms. The molecule has 0 atom stereocenters. The molecule has 1 aromatic rings. The average Bonchev–Trinajstić information content (AvgIpc) is 2.10. The molecule has 0 aliphatic heterocycles. The van der Waals surface area contributed by atoms with Gasteiger partial charge in [0, 0.05) is 0 Å². The smallest absolute Gasteiger partial charge is 0.149 e. The maximum atomic E-state index is 13.8. The van der Waals surface area contributed by atoms with Crippen molar-refractivity contribution >= 4 is 5.69 Å². The van der Waals surface area contributed by atoms with E-state index >= 15 is 0 Å². The summed E-state index contributed by atoms with van der Waals surface area (Å²) in [6, 6.07) is 1.72. The number of halogens is 1. The molecule has 0 bridgehead atoms. The zero-order valence-electron chi connectivity index (χ0n) is 9.32. The van der Waals surface area contributed by atoms with E-state index in [4.69, 9.17) is 5.73 Å². The lowest BCUT2D eigenvalue weighted by Crippen LogP contribution is -2.05. The molecular formula is C12H18FN. The van der Waals surface area contributed by atoms with Crippen molar-refractivity contribution in [1.82, 2.24) is 0 Å². The second-order valence-electron chi connectivity index (χ2n) is 4.00. The lowest BCUT2D eigenvalue weighted by molar-refractivity contribution is 0.597. The van der Waals surface area contributed by atoms with E-state index < -0.39 is 0 Å². The van der Waals surface area contributed by atoms with E-state index in [0.29, 0.717) is 0 Å². The number of nitrogen functional groups attached to an aromatic ring is 1. The van der Waals surface area contributed by atoms with Crippen LogP contribution in [0.25, 0.3) is 0 Å².